The van der Waals surface area contributed by atoms with Crippen molar-refractivity contribution in [3.63, 3.8) is 0 Å². The molecule has 2 N–H and O–H groups in total. The molecule has 2 aromatic rings. The molecule has 0 spiro atoms. The van der Waals surface area contributed by atoms with E-state index >= 15 is 0 Å². The van der Waals surface area contributed by atoms with Gasteiger partial charge in [-0.25, -0.2) is 0 Å². The summed E-state index contributed by atoms with van der Waals surface area (Å²) in [6, 6.07) is 12.2. The Labute approximate surface area is 178 Å². The molecule has 0 saturated carbocycles. The Morgan fingerprint density at radius 3 is 2.03 bits per heavy atom. The minimum atomic E-state index is -0.443. The molecule has 0 atom stereocenters. The van der Waals surface area contributed by atoms with Gasteiger partial charge in [0.25, 0.3) is 11.8 Å². The maximum Gasteiger partial charge on any atom is 0.269 e. The monoisotopic (exact) mass is 413 g/mol. The summed E-state index contributed by atoms with van der Waals surface area (Å²) in [6.45, 7) is 9.60. The molecule has 0 fully saturated rings. The fourth-order valence-electron chi connectivity index (χ4n) is 2.86. The van der Waals surface area contributed by atoms with E-state index in [0.29, 0.717) is 29.2 Å². The lowest BCUT2D eigenvalue weighted by molar-refractivity contribution is 0.0846. The van der Waals surface area contributed by atoms with Crippen molar-refractivity contribution in [2.24, 2.45) is 0 Å². The van der Waals surface area contributed by atoms with E-state index in [2.05, 4.69) is 29.6 Å². The molecule has 0 aliphatic heterocycles. The summed E-state index contributed by atoms with van der Waals surface area (Å²) in [5.74, 6) is 0.213. The molecule has 0 aliphatic rings. The number of nitrogens with zero attached hydrogens (tertiary/aromatic N) is 1. The van der Waals surface area contributed by atoms with Crippen LogP contribution in [-0.4, -0.2) is 43.5 Å². The average molecular weight is 414 g/mol. The summed E-state index contributed by atoms with van der Waals surface area (Å²) in [4.78, 5) is 27.0. The van der Waals surface area contributed by atoms with Crippen LogP contribution in [0, 0.1) is 0 Å². The Morgan fingerprint density at radius 1 is 0.867 bits per heavy atom. The summed E-state index contributed by atoms with van der Waals surface area (Å²) >= 11 is 0. The van der Waals surface area contributed by atoms with Gasteiger partial charge in [-0.05, 0) is 55.4 Å². The third-order valence-electron chi connectivity index (χ3n) is 4.69. The van der Waals surface area contributed by atoms with Gasteiger partial charge in [-0.15, -0.1) is 0 Å². The van der Waals surface area contributed by atoms with Crippen LogP contribution in [-0.2, 0) is 6.54 Å². The van der Waals surface area contributed by atoms with E-state index < -0.39 is 5.91 Å². The van der Waals surface area contributed by atoms with Crippen molar-refractivity contribution >= 4 is 11.8 Å². The third-order valence-corrected chi connectivity index (χ3v) is 4.69. The topological polar surface area (TPSA) is 79.9 Å². The lowest BCUT2D eigenvalue weighted by Gasteiger charge is -2.18. The first-order valence-electron chi connectivity index (χ1n) is 10.2. The van der Waals surface area contributed by atoms with Crippen molar-refractivity contribution in [2.75, 3.05) is 26.8 Å². The fraction of sp³-hybridized carbons (Fsp3) is 0.391. The summed E-state index contributed by atoms with van der Waals surface area (Å²) < 4.78 is 10.9. The van der Waals surface area contributed by atoms with E-state index in [1.807, 2.05) is 19.1 Å². The Morgan fingerprint density at radius 2 is 1.47 bits per heavy atom. The number of carbonyl (C=O) groups is 2. The van der Waals surface area contributed by atoms with Crippen LogP contribution in [0.2, 0.25) is 0 Å². The Kier molecular flexibility index (Phi) is 9.15. The van der Waals surface area contributed by atoms with Gasteiger partial charge in [0.15, 0.2) is 11.5 Å². The van der Waals surface area contributed by atoms with Crippen molar-refractivity contribution in [1.82, 2.24) is 15.8 Å². The molecule has 162 valence electrons. The first-order chi connectivity index (χ1) is 14.5. The number of methoxy groups -OCH3 is 1. The number of ether oxygens (including phenoxy) is 2. The van der Waals surface area contributed by atoms with E-state index in [4.69, 9.17) is 9.47 Å². The van der Waals surface area contributed by atoms with Crippen LogP contribution in [0.5, 0.6) is 11.5 Å². The highest BCUT2D eigenvalue weighted by Gasteiger charge is 2.13. The van der Waals surface area contributed by atoms with Gasteiger partial charge in [-0.3, -0.25) is 25.3 Å². The first kappa shape index (κ1) is 23.2. The van der Waals surface area contributed by atoms with Gasteiger partial charge in [0.1, 0.15) is 0 Å². The molecule has 2 aromatic carbocycles. The van der Waals surface area contributed by atoms with Crippen LogP contribution in [0.3, 0.4) is 0 Å². The van der Waals surface area contributed by atoms with Crippen LogP contribution in [0.4, 0.5) is 0 Å². The summed E-state index contributed by atoms with van der Waals surface area (Å²) in [6.07, 6.45) is 0.869. The molecular formula is C23H31N3O4. The number of hydrogen-bond acceptors (Lipinski definition) is 5. The second-order valence-corrected chi connectivity index (χ2v) is 6.78. The standard InChI is InChI=1S/C23H31N3O4/c1-5-14-30-20-13-12-19(15-21(20)29-4)23(28)25-24-22(27)18-10-8-17(9-11-18)16-26(6-2)7-3/h8-13,15H,5-7,14,16H2,1-4H3,(H,24,27)(H,25,28). The molecule has 0 bridgehead atoms. The van der Waals surface area contributed by atoms with E-state index in [1.54, 1.807) is 30.3 Å². The van der Waals surface area contributed by atoms with Gasteiger partial charge < -0.3 is 9.47 Å². The van der Waals surface area contributed by atoms with Crippen molar-refractivity contribution in [3.8, 4) is 11.5 Å². The van der Waals surface area contributed by atoms with Gasteiger partial charge >= 0.3 is 0 Å². The molecule has 0 radical (unpaired) electrons. The molecule has 0 aliphatic carbocycles. The number of amides is 2. The summed E-state index contributed by atoms with van der Waals surface area (Å²) in [5, 5.41) is 0. The number of rotatable bonds is 10. The predicted octanol–water partition coefficient (Wildman–Crippen LogP) is 3.40. The fourth-order valence-corrected chi connectivity index (χ4v) is 2.86. The van der Waals surface area contributed by atoms with Crippen LogP contribution in [0.25, 0.3) is 0 Å². The molecule has 2 amide bonds. The zero-order valence-corrected chi connectivity index (χ0v) is 18.2. The number of hydrazine groups is 1. The molecule has 7 heteroatoms. The van der Waals surface area contributed by atoms with Crippen molar-refractivity contribution in [2.45, 2.75) is 33.7 Å². The highest BCUT2D eigenvalue weighted by atomic mass is 16.5. The number of benzene rings is 2. The van der Waals surface area contributed by atoms with E-state index in [-0.39, 0.29) is 5.91 Å². The lowest BCUT2D eigenvalue weighted by Crippen LogP contribution is -2.41. The van der Waals surface area contributed by atoms with Gasteiger partial charge in [0, 0.05) is 17.7 Å². The molecule has 7 nitrogen and oxygen atoms in total. The molecule has 30 heavy (non-hydrogen) atoms. The third kappa shape index (κ3) is 6.49. The molecule has 0 heterocycles. The summed E-state index contributed by atoms with van der Waals surface area (Å²) in [7, 11) is 1.52. The largest absolute Gasteiger partial charge is 0.493 e. The lowest BCUT2D eigenvalue weighted by atomic mass is 10.1. The normalized spacial score (nSPS) is 10.6. The van der Waals surface area contributed by atoms with E-state index in [0.717, 1.165) is 31.6 Å². The van der Waals surface area contributed by atoms with Crippen molar-refractivity contribution < 1.29 is 19.1 Å². The number of carbonyl (C=O) groups excluding carboxylic acids is 2. The minimum absolute atomic E-state index is 0.352. The van der Waals surface area contributed by atoms with Gasteiger partial charge in [-0.2, -0.15) is 0 Å². The van der Waals surface area contributed by atoms with Crippen LogP contribution < -0.4 is 20.3 Å². The maximum absolute atomic E-state index is 12.4. The van der Waals surface area contributed by atoms with Crippen molar-refractivity contribution in [3.05, 3.63) is 59.2 Å². The molecule has 0 aromatic heterocycles. The predicted molar refractivity (Wildman–Crippen MR) is 117 cm³/mol. The average Bonchev–Trinajstić information content (AvgIpc) is 2.79. The smallest absolute Gasteiger partial charge is 0.269 e. The molecular weight excluding hydrogens is 382 g/mol. The Hall–Kier alpha value is -3.06. The van der Waals surface area contributed by atoms with Gasteiger partial charge in [0.2, 0.25) is 0 Å². The van der Waals surface area contributed by atoms with E-state index in [9.17, 15) is 9.59 Å². The zero-order valence-electron chi connectivity index (χ0n) is 18.2. The van der Waals surface area contributed by atoms with Gasteiger partial charge in [-0.1, -0.05) is 32.9 Å². The van der Waals surface area contributed by atoms with Crippen molar-refractivity contribution in [1.29, 1.82) is 0 Å². The summed E-state index contributed by atoms with van der Waals surface area (Å²) in [5.41, 5.74) is 6.84. The second-order valence-electron chi connectivity index (χ2n) is 6.78. The number of nitrogens with one attached hydrogen (secondary N) is 2. The SMILES string of the molecule is CCCOc1ccc(C(=O)NNC(=O)c2ccc(CN(CC)CC)cc2)cc1OC. The molecule has 0 saturated heterocycles. The maximum atomic E-state index is 12.4. The second kappa shape index (κ2) is 11.8. The van der Waals surface area contributed by atoms with E-state index in [1.165, 1.54) is 7.11 Å². The minimum Gasteiger partial charge on any atom is -0.493 e. The van der Waals surface area contributed by atoms with Crippen LogP contribution >= 0.6 is 0 Å². The highest BCUT2D eigenvalue weighted by molar-refractivity contribution is 5.99. The Bertz CT molecular complexity index is 833. The number of hydrogen-bond donors (Lipinski definition) is 2. The van der Waals surface area contributed by atoms with Crippen LogP contribution in [0.15, 0.2) is 42.5 Å². The first-order valence-corrected chi connectivity index (χ1v) is 10.2. The quantitative estimate of drug-likeness (QED) is 0.584. The Balaban J connectivity index is 1.94. The molecule has 2 rings (SSSR count). The van der Waals surface area contributed by atoms with Gasteiger partial charge in [0.05, 0.1) is 13.7 Å². The zero-order chi connectivity index (χ0) is 21.9. The molecule has 0 unspecified atom stereocenters. The highest BCUT2D eigenvalue weighted by Crippen LogP contribution is 2.28. The van der Waals surface area contributed by atoms with Crippen LogP contribution in [0.1, 0.15) is 53.5 Å².